The fourth-order valence-electron chi connectivity index (χ4n) is 9.77. The second-order valence-corrected chi connectivity index (χ2v) is 15.7. The number of fused-ring (bicyclic) bond motifs is 7. The highest BCUT2D eigenvalue weighted by atomic mass is 31.2. The van der Waals surface area contributed by atoms with Gasteiger partial charge in [-0.05, 0) is 80.2 Å². The maximum Gasteiger partial charge on any atom is 0.470 e. The molecule has 9 atom stereocenters. The van der Waals surface area contributed by atoms with Crippen molar-refractivity contribution in [2.24, 2.45) is 28.6 Å². The van der Waals surface area contributed by atoms with E-state index in [1.165, 1.54) is 6.07 Å². The third-order valence-electron chi connectivity index (χ3n) is 11.9. The zero-order valence-electron chi connectivity index (χ0n) is 26.6. The van der Waals surface area contributed by atoms with E-state index in [0.29, 0.717) is 25.7 Å². The zero-order chi connectivity index (χ0) is 33.5. The van der Waals surface area contributed by atoms with Crippen LogP contribution < -0.4 is 0 Å². The quantitative estimate of drug-likeness (QED) is 0.330. The predicted molar refractivity (Wildman–Crippen MR) is 168 cm³/mol. The molecule has 0 spiro atoms. The van der Waals surface area contributed by atoms with Gasteiger partial charge in [-0.3, -0.25) is 14.1 Å². The van der Waals surface area contributed by atoms with Crippen molar-refractivity contribution in [3.05, 3.63) is 94.3 Å². The van der Waals surface area contributed by atoms with Crippen LogP contribution in [0.5, 0.6) is 0 Å². The third kappa shape index (κ3) is 5.24. The van der Waals surface area contributed by atoms with Crippen LogP contribution in [0.25, 0.3) is 0 Å². The standard InChI is InChI=1S/C36H40FO9P/c1-20-4-6-21(7-5-20)14-22-8-10-26(28(37)15-22)33-45-31-17-27-25-11-9-23-16-24(38)12-13-34(23,2)32(25)29(39)18-35(27,3)36(31,46-33)30(40)19-44-47(41,42)43/h4-8,10,12-13,15-16,25,27,29,31-33,39H,9,11,14,17-19H2,1-3H3,(H2,41,42,43)/t25-,27-,29-,31+,32+,33+,34-,35-,36+/m0/s1. The summed E-state index contributed by atoms with van der Waals surface area (Å²) in [6, 6.07) is 12.8. The van der Waals surface area contributed by atoms with Gasteiger partial charge in [0.15, 0.2) is 23.5 Å². The van der Waals surface area contributed by atoms with Gasteiger partial charge in [0.25, 0.3) is 0 Å². The normalized spacial score (nSPS) is 37.5. The average molecular weight is 667 g/mol. The number of carbonyl (C=O) groups excluding carboxylic acids is 2. The van der Waals surface area contributed by atoms with E-state index in [-0.39, 0.29) is 35.5 Å². The highest BCUT2D eigenvalue weighted by Crippen LogP contribution is 2.70. The van der Waals surface area contributed by atoms with E-state index in [4.69, 9.17) is 14.0 Å². The van der Waals surface area contributed by atoms with Crippen LogP contribution in [-0.2, 0) is 34.6 Å². The zero-order valence-corrected chi connectivity index (χ0v) is 27.5. The van der Waals surface area contributed by atoms with Gasteiger partial charge in [0, 0.05) is 22.3 Å². The average Bonchev–Trinajstić information content (AvgIpc) is 3.50. The number of aliphatic hydroxyl groups excluding tert-OH is 1. The maximum atomic E-state index is 15.8. The highest BCUT2D eigenvalue weighted by Gasteiger charge is 2.76. The molecule has 5 aliphatic rings. The number of phosphoric ester groups is 1. The minimum absolute atomic E-state index is 0.0647. The lowest BCUT2D eigenvalue weighted by Crippen LogP contribution is -2.63. The number of hydrogen-bond donors (Lipinski definition) is 3. The number of halogens is 1. The van der Waals surface area contributed by atoms with E-state index < -0.39 is 61.0 Å². The van der Waals surface area contributed by atoms with Crippen molar-refractivity contribution in [2.45, 2.75) is 77.0 Å². The van der Waals surface area contributed by atoms with Gasteiger partial charge in [-0.25, -0.2) is 8.96 Å². The second kappa shape index (κ2) is 11.4. The minimum atomic E-state index is -5.01. The number of allylic oxidation sites excluding steroid dienone is 4. The number of aliphatic hydroxyl groups is 1. The van der Waals surface area contributed by atoms with Gasteiger partial charge >= 0.3 is 7.82 Å². The van der Waals surface area contributed by atoms with Crippen LogP contribution in [0.4, 0.5) is 4.39 Å². The molecule has 1 heterocycles. The van der Waals surface area contributed by atoms with E-state index >= 15 is 4.39 Å². The summed E-state index contributed by atoms with van der Waals surface area (Å²) in [5.74, 6) is -1.81. The topological polar surface area (TPSA) is 140 Å². The molecule has 2 aromatic rings. The van der Waals surface area contributed by atoms with Crippen LogP contribution >= 0.6 is 7.82 Å². The Hall–Kier alpha value is -2.82. The van der Waals surface area contributed by atoms with Crippen molar-refractivity contribution < 1.29 is 47.4 Å². The first-order chi connectivity index (χ1) is 22.1. The summed E-state index contributed by atoms with van der Waals surface area (Å²) in [6.45, 7) is 4.98. The first kappa shape index (κ1) is 32.7. The number of phosphoric acid groups is 1. The van der Waals surface area contributed by atoms with E-state index in [9.17, 15) is 29.0 Å². The Balaban J connectivity index is 1.22. The van der Waals surface area contributed by atoms with Gasteiger partial charge in [0.1, 0.15) is 12.4 Å². The van der Waals surface area contributed by atoms with Crippen molar-refractivity contribution in [1.29, 1.82) is 0 Å². The molecule has 0 radical (unpaired) electrons. The Morgan fingerprint density at radius 2 is 1.85 bits per heavy atom. The molecule has 47 heavy (non-hydrogen) atoms. The van der Waals surface area contributed by atoms with Crippen molar-refractivity contribution in [2.75, 3.05) is 6.61 Å². The van der Waals surface area contributed by atoms with Crippen LogP contribution in [0.1, 0.15) is 68.1 Å². The molecule has 0 aromatic heterocycles. The van der Waals surface area contributed by atoms with Crippen LogP contribution in [0.2, 0.25) is 0 Å². The SMILES string of the molecule is Cc1ccc(Cc2ccc([C@@H]3O[C@@H]4C[C@H]5[C@@H]6CCC7=CC(=O)C=C[C@]7(C)[C@H]6[C@@H](O)C[C@]5(C)[C@]4(C(=O)COP(=O)(O)O)O3)c(F)c2)cc1. The number of ether oxygens (including phenoxy) is 2. The molecule has 3 saturated carbocycles. The van der Waals surface area contributed by atoms with Gasteiger partial charge in [-0.2, -0.15) is 0 Å². The molecule has 0 unspecified atom stereocenters. The monoisotopic (exact) mass is 666 g/mol. The summed E-state index contributed by atoms with van der Waals surface area (Å²) in [5, 5.41) is 11.9. The van der Waals surface area contributed by atoms with E-state index in [1.807, 2.05) is 51.1 Å². The number of ketones is 2. The number of rotatable bonds is 7. The second-order valence-electron chi connectivity index (χ2n) is 14.5. The van der Waals surface area contributed by atoms with Crippen molar-refractivity contribution in [3.8, 4) is 0 Å². The molecular weight excluding hydrogens is 626 g/mol. The van der Waals surface area contributed by atoms with Gasteiger partial charge in [0.2, 0.25) is 0 Å². The molecule has 4 aliphatic carbocycles. The smallest absolute Gasteiger partial charge is 0.393 e. The summed E-state index contributed by atoms with van der Waals surface area (Å²) in [7, 11) is -5.01. The first-order valence-corrected chi connectivity index (χ1v) is 17.7. The molecule has 0 amide bonds. The number of aryl methyl sites for hydroxylation is 1. The molecule has 4 fully saturated rings. The highest BCUT2D eigenvalue weighted by molar-refractivity contribution is 7.46. The van der Waals surface area contributed by atoms with Crippen molar-refractivity contribution >= 4 is 19.4 Å². The molecule has 3 N–H and O–H groups in total. The molecule has 9 nitrogen and oxygen atoms in total. The molecule has 0 bridgehead atoms. The molecule has 7 rings (SSSR count). The Labute approximate surface area is 273 Å². The molecule has 11 heteroatoms. The van der Waals surface area contributed by atoms with Crippen LogP contribution in [-0.4, -0.2) is 50.9 Å². The number of benzene rings is 2. The van der Waals surface area contributed by atoms with Crippen LogP contribution in [0, 0.1) is 41.3 Å². The lowest BCUT2D eigenvalue weighted by atomic mass is 9.46. The summed E-state index contributed by atoms with van der Waals surface area (Å²) < 4.78 is 45.1. The lowest BCUT2D eigenvalue weighted by molar-refractivity contribution is -0.201. The fraction of sp³-hybridized carbons (Fsp3) is 0.500. The van der Waals surface area contributed by atoms with Crippen molar-refractivity contribution in [1.82, 2.24) is 0 Å². The maximum absolute atomic E-state index is 15.8. The van der Waals surface area contributed by atoms with Gasteiger partial charge < -0.3 is 24.4 Å². The van der Waals surface area contributed by atoms with Crippen molar-refractivity contribution in [3.63, 3.8) is 0 Å². The minimum Gasteiger partial charge on any atom is -0.393 e. The molecule has 2 aromatic carbocycles. The van der Waals surface area contributed by atoms with Crippen LogP contribution in [0.15, 0.2) is 66.3 Å². The summed E-state index contributed by atoms with van der Waals surface area (Å²) in [4.78, 5) is 45.3. The predicted octanol–water partition coefficient (Wildman–Crippen LogP) is 5.44. The summed E-state index contributed by atoms with van der Waals surface area (Å²) in [5.41, 5.74) is 0.682. The third-order valence-corrected chi connectivity index (χ3v) is 12.3. The molecular formula is C36H40FO9P. The Morgan fingerprint density at radius 1 is 1.13 bits per heavy atom. The largest absolute Gasteiger partial charge is 0.470 e. The molecule has 1 saturated heterocycles. The van der Waals surface area contributed by atoms with Gasteiger partial charge in [-0.15, -0.1) is 0 Å². The van der Waals surface area contributed by atoms with Gasteiger partial charge in [-0.1, -0.05) is 67.5 Å². The van der Waals surface area contributed by atoms with E-state index in [1.54, 1.807) is 24.3 Å². The molecule has 250 valence electrons. The Bertz CT molecular complexity index is 1730. The van der Waals surface area contributed by atoms with Crippen LogP contribution in [0.3, 0.4) is 0 Å². The number of hydrogen-bond acceptors (Lipinski definition) is 7. The number of carbonyl (C=O) groups is 2. The van der Waals surface area contributed by atoms with E-state index in [0.717, 1.165) is 22.3 Å². The van der Waals surface area contributed by atoms with E-state index in [2.05, 4.69) is 0 Å². The lowest BCUT2D eigenvalue weighted by Gasteiger charge is -2.59. The fourth-order valence-corrected chi connectivity index (χ4v) is 10.1. The molecule has 1 aliphatic heterocycles. The summed E-state index contributed by atoms with van der Waals surface area (Å²) in [6.07, 6.45) is 4.46. The summed E-state index contributed by atoms with van der Waals surface area (Å²) >= 11 is 0. The Morgan fingerprint density at radius 3 is 2.55 bits per heavy atom. The first-order valence-electron chi connectivity index (χ1n) is 16.2. The Kier molecular flexibility index (Phi) is 7.92. The van der Waals surface area contributed by atoms with Gasteiger partial charge in [0.05, 0.1) is 12.2 Å². The number of Topliss-reactive ketones (excluding diaryl/α,β-unsaturated/α-hetero) is 1.